The fraction of sp³-hybridized carbons (Fsp3) is 0.857. The van der Waals surface area contributed by atoms with E-state index in [1.54, 1.807) is 0 Å². The van der Waals surface area contributed by atoms with Crippen molar-refractivity contribution in [3.8, 4) is 0 Å². The van der Waals surface area contributed by atoms with Crippen molar-refractivity contribution in [2.75, 3.05) is 19.6 Å². The van der Waals surface area contributed by atoms with Crippen molar-refractivity contribution in [2.24, 2.45) is 5.41 Å². The monoisotopic (exact) mass is 269 g/mol. The molecule has 5 nitrogen and oxygen atoms in total. The second-order valence-electron chi connectivity index (χ2n) is 6.37. The normalized spacial score (nSPS) is 23.2. The van der Waals surface area contributed by atoms with E-state index < -0.39 is 0 Å². The van der Waals surface area contributed by atoms with Crippen molar-refractivity contribution in [1.29, 1.82) is 0 Å². The van der Waals surface area contributed by atoms with Gasteiger partial charge in [0.15, 0.2) is 0 Å². The van der Waals surface area contributed by atoms with Gasteiger partial charge >= 0.3 is 0 Å². The van der Waals surface area contributed by atoms with Crippen molar-refractivity contribution in [2.45, 2.75) is 53.1 Å². The highest BCUT2D eigenvalue weighted by atomic mass is 16.2. The minimum absolute atomic E-state index is 0.0500. The second-order valence-corrected chi connectivity index (χ2v) is 6.37. The van der Waals surface area contributed by atoms with E-state index in [1.807, 2.05) is 0 Å². The smallest absolute Gasteiger partial charge is 0.239 e. The van der Waals surface area contributed by atoms with Gasteiger partial charge in [-0.25, -0.2) is 0 Å². The Labute approximate surface area is 116 Å². The Morgan fingerprint density at radius 2 is 2.00 bits per heavy atom. The van der Waals surface area contributed by atoms with Gasteiger partial charge in [0, 0.05) is 32.1 Å². The van der Waals surface area contributed by atoms with Gasteiger partial charge in [-0.2, -0.15) is 0 Å². The van der Waals surface area contributed by atoms with Gasteiger partial charge in [0.05, 0.1) is 6.54 Å². The van der Waals surface area contributed by atoms with Crippen LogP contribution in [0.3, 0.4) is 0 Å². The lowest BCUT2D eigenvalue weighted by atomic mass is 9.78. The molecule has 110 valence electrons. The van der Waals surface area contributed by atoms with Crippen LogP contribution in [0.5, 0.6) is 0 Å². The third-order valence-electron chi connectivity index (χ3n) is 3.82. The number of hydrogen-bond acceptors (Lipinski definition) is 3. The van der Waals surface area contributed by atoms with Crippen LogP contribution in [0.2, 0.25) is 0 Å². The molecule has 0 aliphatic carbocycles. The quantitative estimate of drug-likeness (QED) is 0.791. The first-order valence-electron chi connectivity index (χ1n) is 7.00. The standard InChI is InChI=1S/C14H27N3O2/c1-10(2)17-7-6-12(14(4,5)9-17)16-13(19)8-15-11(3)18/h10,12H,6-9H2,1-5H3,(H,15,18)(H,16,19). The van der Waals surface area contributed by atoms with Crippen molar-refractivity contribution >= 4 is 11.8 Å². The Bertz CT molecular complexity index is 340. The summed E-state index contributed by atoms with van der Waals surface area (Å²) in [5.74, 6) is -0.282. The summed E-state index contributed by atoms with van der Waals surface area (Å²) < 4.78 is 0. The summed E-state index contributed by atoms with van der Waals surface area (Å²) in [5.41, 5.74) is 0.0500. The molecule has 1 saturated heterocycles. The van der Waals surface area contributed by atoms with Crippen molar-refractivity contribution in [3.05, 3.63) is 0 Å². The summed E-state index contributed by atoms with van der Waals surface area (Å²) in [5, 5.41) is 5.57. The molecule has 1 aliphatic rings. The predicted octanol–water partition coefficient (Wildman–Crippen LogP) is 0.748. The summed E-state index contributed by atoms with van der Waals surface area (Å²) in [6.45, 7) is 12.2. The largest absolute Gasteiger partial charge is 0.351 e. The fourth-order valence-electron chi connectivity index (χ4n) is 2.56. The molecule has 0 saturated carbocycles. The van der Waals surface area contributed by atoms with Gasteiger partial charge in [-0.15, -0.1) is 0 Å². The summed E-state index contributed by atoms with van der Waals surface area (Å²) in [6, 6.07) is 0.707. The summed E-state index contributed by atoms with van der Waals surface area (Å²) in [4.78, 5) is 25.0. The molecule has 0 aromatic heterocycles. The highest BCUT2D eigenvalue weighted by molar-refractivity contribution is 5.83. The van der Waals surface area contributed by atoms with Gasteiger partial charge in [-0.1, -0.05) is 13.8 Å². The van der Waals surface area contributed by atoms with Crippen LogP contribution in [0, 0.1) is 5.41 Å². The van der Waals surface area contributed by atoms with E-state index in [0.29, 0.717) is 6.04 Å². The van der Waals surface area contributed by atoms with Crippen LogP contribution in [0.15, 0.2) is 0 Å². The van der Waals surface area contributed by atoms with Crippen LogP contribution in [0.1, 0.15) is 41.0 Å². The number of carbonyl (C=O) groups excluding carboxylic acids is 2. The van der Waals surface area contributed by atoms with E-state index in [4.69, 9.17) is 0 Å². The zero-order chi connectivity index (χ0) is 14.6. The maximum absolute atomic E-state index is 11.8. The van der Waals surface area contributed by atoms with E-state index in [9.17, 15) is 9.59 Å². The zero-order valence-electron chi connectivity index (χ0n) is 12.7. The van der Waals surface area contributed by atoms with Gasteiger partial charge in [0.25, 0.3) is 0 Å². The highest BCUT2D eigenvalue weighted by Crippen LogP contribution is 2.30. The van der Waals surface area contributed by atoms with Gasteiger partial charge in [-0.3, -0.25) is 9.59 Å². The topological polar surface area (TPSA) is 61.4 Å². The SMILES string of the molecule is CC(=O)NCC(=O)NC1CCN(C(C)C)CC1(C)C. The molecule has 1 atom stereocenters. The number of likely N-dealkylation sites (tertiary alicyclic amines) is 1. The number of hydrogen-bond donors (Lipinski definition) is 2. The molecule has 5 heteroatoms. The minimum atomic E-state index is -0.177. The maximum Gasteiger partial charge on any atom is 0.239 e. The van der Waals surface area contributed by atoms with Gasteiger partial charge in [-0.05, 0) is 25.7 Å². The third-order valence-corrected chi connectivity index (χ3v) is 3.82. The molecule has 1 rings (SSSR count). The fourth-order valence-corrected chi connectivity index (χ4v) is 2.56. The van der Waals surface area contributed by atoms with E-state index in [0.717, 1.165) is 19.5 Å². The predicted molar refractivity (Wildman–Crippen MR) is 75.7 cm³/mol. The molecule has 1 fully saturated rings. The maximum atomic E-state index is 11.8. The molecule has 1 heterocycles. The molecule has 0 radical (unpaired) electrons. The van der Waals surface area contributed by atoms with Crippen LogP contribution >= 0.6 is 0 Å². The lowest BCUT2D eigenvalue weighted by Gasteiger charge is -2.46. The van der Waals surface area contributed by atoms with Gasteiger partial charge < -0.3 is 15.5 Å². The van der Waals surface area contributed by atoms with Crippen LogP contribution in [0.4, 0.5) is 0 Å². The Kier molecular flexibility index (Phi) is 5.35. The molecule has 1 aliphatic heterocycles. The Morgan fingerprint density at radius 3 is 2.47 bits per heavy atom. The first-order valence-corrected chi connectivity index (χ1v) is 7.00. The summed E-state index contributed by atoms with van der Waals surface area (Å²) in [7, 11) is 0. The van der Waals surface area contributed by atoms with Crippen molar-refractivity contribution in [3.63, 3.8) is 0 Å². The van der Waals surface area contributed by atoms with Crippen molar-refractivity contribution in [1.82, 2.24) is 15.5 Å². The van der Waals surface area contributed by atoms with Crippen LogP contribution in [0.25, 0.3) is 0 Å². The molecule has 1 unspecified atom stereocenters. The van der Waals surface area contributed by atoms with Gasteiger partial charge in [0.1, 0.15) is 0 Å². The number of nitrogens with zero attached hydrogens (tertiary/aromatic N) is 1. The van der Waals surface area contributed by atoms with E-state index in [1.165, 1.54) is 6.92 Å². The summed E-state index contributed by atoms with van der Waals surface area (Å²) in [6.07, 6.45) is 0.955. The van der Waals surface area contributed by atoms with Crippen molar-refractivity contribution < 1.29 is 9.59 Å². The minimum Gasteiger partial charge on any atom is -0.351 e. The van der Waals surface area contributed by atoms with Crippen LogP contribution in [-0.2, 0) is 9.59 Å². The number of amides is 2. The first-order chi connectivity index (χ1) is 8.72. The van der Waals surface area contributed by atoms with Gasteiger partial charge in [0.2, 0.25) is 11.8 Å². The second kappa shape index (κ2) is 6.37. The molecule has 19 heavy (non-hydrogen) atoms. The van der Waals surface area contributed by atoms with Crippen LogP contribution < -0.4 is 10.6 Å². The third kappa shape index (κ3) is 4.82. The molecule has 0 aromatic rings. The summed E-state index contributed by atoms with van der Waals surface area (Å²) >= 11 is 0. The average molecular weight is 269 g/mol. The first kappa shape index (κ1) is 16.0. The highest BCUT2D eigenvalue weighted by Gasteiger charge is 2.37. The molecule has 2 N–H and O–H groups in total. The molecule has 0 aromatic carbocycles. The molecular weight excluding hydrogens is 242 g/mol. The number of piperidine rings is 1. The van der Waals surface area contributed by atoms with Crippen LogP contribution in [-0.4, -0.2) is 48.4 Å². The molecule has 0 spiro atoms. The molecular formula is C14H27N3O2. The Hall–Kier alpha value is -1.10. The molecule has 2 amide bonds. The lowest BCUT2D eigenvalue weighted by Crippen LogP contribution is -2.57. The zero-order valence-corrected chi connectivity index (χ0v) is 12.7. The number of carbonyl (C=O) groups is 2. The average Bonchev–Trinajstić information content (AvgIpc) is 2.28. The number of rotatable bonds is 4. The lowest BCUT2D eigenvalue weighted by molar-refractivity contribution is -0.126. The Balaban J connectivity index is 2.50. The van der Waals surface area contributed by atoms with E-state index in [-0.39, 0.29) is 29.8 Å². The van der Waals surface area contributed by atoms with E-state index in [2.05, 4.69) is 43.2 Å². The Morgan fingerprint density at radius 1 is 1.37 bits per heavy atom. The number of nitrogens with one attached hydrogen (secondary N) is 2. The molecule has 0 bridgehead atoms. The van der Waals surface area contributed by atoms with E-state index >= 15 is 0 Å².